The van der Waals surface area contributed by atoms with Gasteiger partial charge in [-0.05, 0) is 85.4 Å². The van der Waals surface area contributed by atoms with Gasteiger partial charge in [0.2, 0.25) is 0 Å². The summed E-state index contributed by atoms with van der Waals surface area (Å²) in [6.07, 6.45) is 15.2. The fourth-order valence-corrected chi connectivity index (χ4v) is 7.09. The van der Waals surface area contributed by atoms with Crippen LogP contribution in [0.15, 0.2) is 0 Å². The third-order valence-electron chi connectivity index (χ3n) is 8.28. The van der Waals surface area contributed by atoms with Gasteiger partial charge in [-0.15, -0.1) is 0 Å². The molecular weight excluding hydrogens is 276 g/mol. The molecule has 0 bridgehead atoms. The predicted molar refractivity (Wildman–Crippen MR) is 101 cm³/mol. The normalized spacial score (nSPS) is 45.0. The van der Waals surface area contributed by atoms with E-state index in [1.54, 1.807) is 32.1 Å². The number of hydrogen-bond donors (Lipinski definition) is 0. The Morgan fingerprint density at radius 3 is 2.17 bits per heavy atom. The smallest absolute Gasteiger partial charge is 0.0324 e. The van der Waals surface area contributed by atoms with Crippen LogP contribution in [-0.2, 0) is 0 Å². The first-order valence-electron chi connectivity index (χ1n) is 10.9. The molecule has 0 heterocycles. The minimum Gasteiger partial charge on any atom is -0.0654 e. The summed E-state index contributed by atoms with van der Waals surface area (Å²) < 4.78 is 0. The highest BCUT2D eigenvalue weighted by Crippen LogP contribution is 2.56. The molecule has 0 nitrogen and oxygen atoms in total. The van der Waals surface area contributed by atoms with Gasteiger partial charge < -0.3 is 0 Å². The lowest BCUT2D eigenvalue weighted by Gasteiger charge is -2.50. The molecule has 5 atom stereocenters. The van der Waals surface area contributed by atoms with Crippen molar-refractivity contribution in [2.75, 3.05) is 0 Å². The summed E-state index contributed by atoms with van der Waals surface area (Å²) in [6.45, 7) is 12.4. The SMILES string of the molecule is CCCC1C(C)CC2CCCC2C1C1CCC(C(C)(C)C)CC1. The number of hydrogen-bond acceptors (Lipinski definition) is 0. The third-order valence-corrected chi connectivity index (χ3v) is 8.28. The topological polar surface area (TPSA) is 0 Å². The molecule has 3 aliphatic carbocycles. The first-order valence-corrected chi connectivity index (χ1v) is 10.9. The fraction of sp³-hybridized carbons (Fsp3) is 1.00. The molecule has 3 saturated carbocycles. The molecular formula is C23H42. The quantitative estimate of drug-likeness (QED) is 0.511. The second kappa shape index (κ2) is 7.09. The molecule has 0 aromatic rings. The second-order valence-electron chi connectivity index (χ2n) is 10.6. The number of fused-ring (bicyclic) bond motifs is 1. The molecule has 0 N–H and O–H groups in total. The summed E-state index contributed by atoms with van der Waals surface area (Å²) in [5, 5.41) is 0. The summed E-state index contributed by atoms with van der Waals surface area (Å²) >= 11 is 0. The van der Waals surface area contributed by atoms with Crippen molar-refractivity contribution in [2.45, 2.75) is 98.8 Å². The van der Waals surface area contributed by atoms with Gasteiger partial charge in [0, 0.05) is 0 Å². The third kappa shape index (κ3) is 3.67. The molecule has 0 spiro atoms. The second-order valence-corrected chi connectivity index (χ2v) is 10.6. The Kier molecular flexibility index (Phi) is 5.49. The highest BCUT2D eigenvalue weighted by molar-refractivity contribution is 4.97. The van der Waals surface area contributed by atoms with Crippen molar-refractivity contribution in [3.63, 3.8) is 0 Å². The fourth-order valence-electron chi connectivity index (χ4n) is 7.09. The summed E-state index contributed by atoms with van der Waals surface area (Å²) in [6, 6.07) is 0. The summed E-state index contributed by atoms with van der Waals surface area (Å²) in [5.41, 5.74) is 0.531. The molecule has 0 aromatic carbocycles. The van der Waals surface area contributed by atoms with Gasteiger partial charge in [0.25, 0.3) is 0 Å². The van der Waals surface area contributed by atoms with E-state index >= 15 is 0 Å². The average molecular weight is 319 g/mol. The Balaban J connectivity index is 1.72. The van der Waals surface area contributed by atoms with Gasteiger partial charge in [0.1, 0.15) is 0 Å². The molecule has 5 unspecified atom stereocenters. The van der Waals surface area contributed by atoms with Crippen molar-refractivity contribution in [1.29, 1.82) is 0 Å². The van der Waals surface area contributed by atoms with Gasteiger partial charge in [-0.2, -0.15) is 0 Å². The van der Waals surface area contributed by atoms with Crippen LogP contribution >= 0.6 is 0 Å². The van der Waals surface area contributed by atoms with E-state index in [9.17, 15) is 0 Å². The Bertz CT molecular complexity index is 368. The summed E-state index contributed by atoms with van der Waals surface area (Å²) in [7, 11) is 0. The molecule has 3 aliphatic rings. The van der Waals surface area contributed by atoms with E-state index in [4.69, 9.17) is 0 Å². The van der Waals surface area contributed by atoms with E-state index in [1.807, 2.05) is 0 Å². The zero-order chi connectivity index (χ0) is 16.6. The monoisotopic (exact) mass is 318 g/mol. The van der Waals surface area contributed by atoms with Gasteiger partial charge in [-0.1, -0.05) is 60.3 Å². The van der Waals surface area contributed by atoms with E-state index < -0.39 is 0 Å². The van der Waals surface area contributed by atoms with E-state index in [0.717, 1.165) is 41.4 Å². The Labute approximate surface area is 146 Å². The van der Waals surface area contributed by atoms with Crippen LogP contribution in [0.25, 0.3) is 0 Å². The van der Waals surface area contributed by atoms with E-state index in [-0.39, 0.29) is 0 Å². The number of rotatable bonds is 3. The maximum atomic E-state index is 2.60. The maximum Gasteiger partial charge on any atom is -0.0324 e. The van der Waals surface area contributed by atoms with Crippen LogP contribution in [-0.4, -0.2) is 0 Å². The Morgan fingerprint density at radius 2 is 1.57 bits per heavy atom. The standard InChI is InChI=1S/C23H42/c1-6-8-20-16(2)15-18-9-7-10-21(18)22(20)17-11-13-19(14-12-17)23(3,4)5/h16-22H,6-15H2,1-5H3. The van der Waals surface area contributed by atoms with Gasteiger partial charge in [0.05, 0.1) is 0 Å². The van der Waals surface area contributed by atoms with Crippen molar-refractivity contribution >= 4 is 0 Å². The van der Waals surface area contributed by atoms with Crippen LogP contribution in [0.1, 0.15) is 98.8 Å². The van der Waals surface area contributed by atoms with E-state index in [0.29, 0.717) is 5.41 Å². The van der Waals surface area contributed by atoms with Gasteiger partial charge in [0.15, 0.2) is 0 Å². The summed E-state index contributed by atoms with van der Waals surface area (Å²) in [4.78, 5) is 0. The lowest BCUT2D eigenvalue weighted by Crippen LogP contribution is -2.42. The van der Waals surface area contributed by atoms with Gasteiger partial charge in [-0.25, -0.2) is 0 Å². The molecule has 0 heteroatoms. The van der Waals surface area contributed by atoms with Crippen molar-refractivity contribution in [2.24, 2.45) is 46.8 Å². The minimum absolute atomic E-state index is 0.531. The first-order chi connectivity index (χ1) is 10.9. The first kappa shape index (κ1) is 17.8. The van der Waals surface area contributed by atoms with E-state index in [2.05, 4.69) is 34.6 Å². The van der Waals surface area contributed by atoms with Crippen LogP contribution in [0.2, 0.25) is 0 Å². The van der Waals surface area contributed by atoms with Gasteiger partial charge in [-0.3, -0.25) is 0 Å². The van der Waals surface area contributed by atoms with Crippen LogP contribution in [0, 0.1) is 46.8 Å². The zero-order valence-electron chi connectivity index (χ0n) is 16.6. The Hall–Kier alpha value is 0. The molecule has 3 rings (SSSR count). The van der Waals surface area contributed by atoms with Crippen molar-refractivity contribution < 1.29 is 0 Å². The highest BCUT2D eigenvalue weighted by Gasteiger charge is 2.48. The maximum absolute atomic E-state index is 2.60. The highest BCUT2D eigenvalue weighted by atomic mass is 14.5. The molecule has 0 aromatic heterocycles. The lowest BCUT2D eigenvalue weighted by molar-refractivity contribution is -0.00903. The molecule has 3 fully saturated rings. The Morgan fingerprint density at radius 1 is 0.870 bits per heavy atom. The largest absolute Gasteiger partial charge is 0.0654 e. The predicted octanol–water partition coefficient (Wildman–Crippen LogP) is 7.33. The van der Waals surface area contributed by atoms with Crippen LogP contribution in [0.4, 0.5) is 0 Å². The van der Waals surface area contributed by atoms with E-state index in [1.165, 1.54) is 32.1 Å². The van der Waals surface area contributed by atoms with Gasteiger partial charge >= 0.3 is 0 Å². The van der Waals surface area contributed by atoms with Crippen molar-refractivity contribution in [3.8, 4) is 0 Å². The van der Waals surface area contributed by atoms with Crippen molar-refractivity contribution in [1.82, 2.24) is 0 Å². The molecule has 0 aliphatic heterocycles. The minimum atomic E-state index is 0.531. The zero-order valence-corrected chi connectivity index (χ0v) is 16.6. The van der Waals surface area contributed by atoms with Crippen LogP contribution in [0.5, 0.6) is 0 Å². The molecule has 0 amide bonds. The molecule has 134 valence electrons. The van der Waals surface area contributed by atoms with Crippen LogP contribution in [0.3, 0.4) is 0 Å². The lowest BCUT2D eigenvalue weighted by atomic mass is 9.55. The molecule has 0 saturated heterocycles. The summed E-state index contributed by atoms with van der Waals surface area (Å²) in [5.74, 6) is 7.40. The molecule has 23 heavy (non-hydrogen) atoms. The van der Waals surface area contributed by atoms with Crippen molar-refractivity contribution in [3.05, 3.63) is 0 Å². The average Bonchev–Trinajstić information content (AvgIpc) is 2.95. The molecule has 0 radical (unpaired) electrons. The van der Waals surface area contributed by atoms with Crippen LogP contribution < -0.4 is 0 Å².